The maximum Gasteiger partial charge on any atom is 0.358 e. The van der Waals surface area contributed by atoms with Crippen LogP contribution in [0.1, 0.15) is 22.3 Å². The molecule has 0 fully saturated rings. The molecular weight excluding hydrogens is 216 g/mol. The van der Waals surface area contributed by atoms with Crippen molar-refractivity contribution in [3.8, 4) is 0 Å². The number of hydrogen-bond donors (Lipinski definition) is 1. The van der Waals surface area contributed by atoms with E-state index in [2.05, 4.69) is 14.6 Å². The number of methoxy groups -OCH3 is 2. The Morgan fingerprint density at radius 3 is 2.56 bits per heavy atom. The quantitative estimate of drug-likeness (QED) is 0.695. The largest absolute Gasteiger partial charge is 0.467 e. The molecular formula is C9H12N2O5. The van der Waals surface area contributed by atoms with Gasteiger partial charge in [0.25, 0.3) is 0 Å². The van der Waals surface area contributed by atoms with Crippen LogP contribution >= 0.6 is 0 Å². The lowest BCUT2D eigenvalue weighted by Gasteiger charge is -2.07. The summed E-state index contributed by atoms with van der Waals surface area (Å²) in [5.74, 6) is -1.46. The average molecular weight is 228 g/mol. The summed E-state index contributed by atoms with van der Waals surface area (Å²) in [6, 6.07) is 1.27. The predicted octanol–water partition coefficient (Wildman–Crippen LogP) is -0.587. The van der Waals surface area contributed by atoms with Crippen molar-refractivity contribution < 1.29 is 24.2 Å². The molecule has 0 bridgehead atoms. The first kappa shape index (κ1) is 12.2. The van der Waals surface area contributed by atoms with Gasteiger partial charge in [0, 0.05) is 7.05 Å². The molecule has 1 aromatic rings. The average Bonchev–Trinajstić information content (AvgIpc) is 2.68. The molecule has 1 atom stereocenters. The van der Waals surface area contributed by atoms with Gasteiger partial charge < -0.3 is 14.6 Å². The van der Waals surface area contributed by atoms with Crippen molar-refractivity contribution in [2.45, 2.75) is 6.10 Å². The van der Waals surface area contributed by atoms with Crippen LogP contribution in [0.25, 0.3) is 0 Å². The zero-order chi connectivity index (χ0) is 12.3. The number of carbonyl (C=O) groups excluding carboxylic acids is 2. The summed E-state index contributed by atoms with van der Waals surface area (Å²) in [5.41, 5.74) is 0.176. The summed E-state index contributed by atoms with van der Waals surface area (Å²) in [6.07, 6.45) is -1.47. The molecule has 0 saturated heterocycles. The minimum atomic E-state index is -1.47. The molecule has 0 aliphatic carbocycles. The van der Waals surface area contributed by atoms with E-state index in [1.165, 1.54) is 24.9 Å². The number of aromatic nitrogens is 2. The summed E-state index contributed by atoms with van der Waals surface area (Å²) in [4.78, 5) is 22.2. The molecule has 1 heterocycles. The Bertz CT molecular complexity index is 412. The Balaban J connectivity index is 3.02. The van der Waals surface area contributed by atoms with Crippen molar-refractivity contribution in [1.29, 1.82) is 0 Å². The summed E-state index contributed by atoms with van der Waals surface area (Å²) in [7, 11) is 3.87. The smallest absolute Gasteiger partial charge is 0.358 e. The Morgan fingerprint density at radius 1 is 1.44 bits per heavy atom. The van der Waals surface area contributed by atoms with Gasteiger partial charge in [-0.15, -0.1) is 0 Å². The second-order valence-electron chi connectivity index (χ2n) is 3.00. The van der Waals surface area contributed by atoms with Gasteiger partial charge >= 0.3 is 11.9 Å². The molecule has 0 saturated carbocycles. The summed E-state index contributed by atoms with van der Waals surface area (Å²) >= 11 is 0. The molecule has 0 aliphatic rings. The van der Waals surface area contributed by atoms with Crippen LogP contribution in [0, 0.1) is 0 Å². The van der Waals surface area contributed by atoms with Gasteiger partial charge in [0.1, 0.15) is 0 Å². The molecule has 1 unspecified atom stereocenters. The monoisotopic (exact) mass is 228 g/mol. The molecule has 0 amide bonds. The maximum atomic E-state index is 11.1. The normalized spacial score (nSPS) is 12.0. The molecule has 16 heavy (non-hydrogen) atoms. The molecule has 0 spiro atoms. The van der Waals surface area contributed by atoms with Crippen LogP contribution in [0.4, 0.5) is 0 Å². The van der Waals surface area contributed by atoms with Gasteiger partial charge in [-0.3, -0.25) is 4.68 Å². The van der Waals surface area contributed by atoms with Crippen LogP contribution < -0.4 is 0 Å². The topological polar surface area (TPSA) is 90.6 Å². The van der Waals surface area contributed by atoms with Crippen LogP contribution in [-0.4, -0.2) is 41.0 Å². The summed E-state index contributed by atoms with van der Waals surface area (Å²) in [6.45, 7) is 0. The first-order chi connectivity index (χ1) is 7.51. The van der Waals surface area contributed by atoms with E-state index in [0.29, 0.717) is 0 Å². The van der Waals surface area contributed by atoms with Crippen molar-refractivity contribution in [3.63, 3.8) is 0 Å². The van der Waals surface area contributed by atoms with Crippen molar-refractivity contribution in [3.05, 3.63) is 17.5 Å². The first-order valence-electron chi connectivity index (χ1n) is 4.39. The van der Waals surface area contributed by atoms with Gasteiger partial charge in [-0.05, 0) is 6.07 Å². The Morgan fingerprint density at radius 2 is 2.06 bits per heavy atom. The highest BCUT2D eigenvalue weighted by molar-refractivity contribution is 5.87. The SMILES string of the molecule is COC(=O)c1cc(C(O)C(=O)OC)n(C)n1. The fraction of sp³-hybridized carbons (Fsp3) is 0.444. The van der Waals surface area contributed by atoms with Crippen LogP contribution in [0.2, 0.25) is 0 Å². The lowest BCUT2D eigenvalue weighted by atomic mass is 10.2. The lowest BCUT2D eigenvalue weighted by molar-refractivity contribution is -0.151. The third-order valence-corrected chi connectivity index (χ3v) is 2.02. The molecule has 7 nitrogen and oxygen atoms in total. The van der Waals surface area contributed by atoms with E-state index >= 15 is 0 Å². The van der Waals surface area contributed by atoms with Gasteiger partial charge in [-0.25, -0.2) is 9.59 Å². The summed E-state index contributed by atoms with van der Waals surface area (Å²) in [5, 5.41) is 13.3. The number of esters is 2. The van der Waals surface area contributed by atoms with Crippen LogP contribution in [0.3, 0.4) is 0 Å². The highest BCUT2D eigenvalue weighted by atomic mass is 16.5. The molecule has 88 valence electrons. The van der Waals surface area contributed by atoms with Crippen molar-refractivity contribution in [2.75, 3.05) is 14.2 Å². The van der Waals surface area contributed by atoms with Gasteiger partial charge in [0.15, 0.2) is 11.8 Å². The van der Waals surface area contributed by atoms with Gasteiger partial charge in [0.05, 0.1) is 19.9 Å². The number of aliphatic hydroxyl groups excluding tert-OH is 1. The minimum Gasteiger partial charge on any atom is -0.467 e. The lowest BCUT2D eigenvalue weighted by Crippen LogP contribution is -2.16. The Kier molecular flexibility index (Phi) is 3.62. The number of hydrogen-bond acceptors (Lipinski definition) is 6. The minimum absolute atomic E-state index is 0.0166. The molecule has 1 aromatic heterocycles. The maximum absolute atomic E-state index is 11.1. The molecule has 0 radical (unpaired) electrons. The van der Waals surface area contributed by atoms with Gasteiger partial charge in [-0.2, -0.15) is 5.10 Å². The van der Waals surface area contributed by atoms with Crippen molar-refractivity contribution >= 4 is 11.9 Å². The van der Waals surface area contributed by atoms with Crippen LogP contribution in [0.15, 0.2) is 6.07 Å². The molecule has 1 rings (SSSR count). The molecule has 1 N–H and O–H groups in total. The second-order valence-corrected chi connectivity index (χ2v) is 3.00. The number of ether oxygens (including phenoxy) is 2. The zero-order valence-corrected chi connectivity index (χ0v) is 9.13. The van der Waals surface area contributed by atoms with Crippen molar-refractivity contribution in [1.82, 2.24) is 9.78 Å². The van der Waals surface area contributed by atoms with E-state index in [1.807, 2.05) is 0 Å². The van der Waals surface area contributed by atoms with Crippen LogP contribution in [0.5, 0.6) is 0 Å². The number of rotatable bonds is 3. The van der Waals surface area contributed by atoms with Crippen molar-refractivity contribution in [2.24, 2.45) is 7.05 Å². The van der Waals surface area contributed by atoms with E-state index in [4.69, 9.17) is 0 Å². The number of carbonyl (C=O) groups is 2. The number of aliphatic hydroxyl groups is 1. The van der Waals surface area contributed by atoms with E-state index in [1.54, 1.807) is 0 Å². The third kappa shape index (κ3) is 2.19. The third-order valence-electron chi connectivity index (χ3n) is 2.02. The first-order valence-corrected chi connectivity index (χ1v) is 4.39. The van der Waals surface area contributed by atoms with E-state index in [9.17, 15) is 14.7 Å². The zero-order valence-electron chi connectivity index (χ0n) is 9.13. The Labute approximate surface area is 91.6 Å². The Hall–Kier alpha value is -1.89. The number of aryl methyl sites for hydroxylation is 1. The van der Waals surface area contributed by atoms with Gasteiger partial charge in [0.2, 0.25) is 0 Å². The standard InChI is InChI=1S/C9H12N2O5/c1-11-6(7(12)9(14)16-3)4-5(10-11)8(13)15-2/h4,7,12H,1-3H3. The van der Waals surface area contributed by atoms with E-state index in [0.717, 1.165) is 7.11 Å². The highest BCUT2D eigenvalue weighted by Crippen LogP contribution is 2.15. The second kappa shape index (κ2) is 4.75. The highest BCUT2D eigenvalue weighted by Gasteiger charge is 2.24. The van der Waals surface area contributed by atoms with Crippen LogP contribution in [-0.2, 0) is 21.3 Å². The molecule has 0 aromatic carbocycles. The summed E-state index contributed by atoms with van der Waals surface area (Å²) < 4.78 is 10.0. The molecule has 7 heteroatoms. The predicted molar refractivity (Wildman–Crippen MR) is 51.5 cm³/mol. The van der Waals surface area contributed by atoms with E-state index in [-0.39, 0.29) is 11.4 Å². The fourth-order valence-electron chi connectivity index (χ4n) is 1.17. The fourth-order valence-corrected chi connectivity index (χ4v) is 1.17. The number of nitrogens with zero attached hydrogens (tertiary/aromatic N) is 2. The van der Waals surface area contributed by atoms with E-state index < -0.39 is 18.0 Å². The molecule has 0 aliphatic heterocycles. The van der Waals surface area contributed by atoms with Gasteiger partial charge in [-0.1, -0.05) is 0 Å².